The smallest absolute Gasteiger partial charge is 0.248 e. The molecule has 0 unspecified atom stereocenters. The highest BCUT2D eigenvalue weighted by Gasteiger charge is 2.39. The fourth-order valence-corrected chi connectivity index (χ4v) is 3.84. The lowest BCUT2D eigenvalue weighted by Crippen LogP contribution is -2.47. The van der Waals surface area contributed by atoms with Crippen LogP contribution < -0.4 is 20.7 Å². The van der Waals surface area contributed by atoms with Crippen molar-refractivity contribution >= 4 is 5.91 Å². The number of ether oxygens (including phenoxy) is 1. The van der Waals surface area contributed by atoms with E-state index in [-0.39, 0.29) is 17.0 Å². The molecule has 1 aliphatic heterocycles. The molecule has 1 amide bonds. The van der Waals surface area contributed by atoms with E-state index in [1.165, 1.54) is 5.56 Å². The van der Waals surface area contributed by atoms with Crippen molar-refractivity contribution in [2.24, 2.45) is 0 Å². The highest BCUT2D eigenvalue weighted by Crippen LogP contribution is 2.29. The van der Waals surface area contributed by atoms with Crippen LogP contribution in [0.25, 0.3) is 0 Å². The van der Waals surface area contributed by atoms with Crippen molar-refractivity contribution in [1.29, 1.82) is 0 Å². The van der Waals surface area contributed by atoms with Gasteiger partial charge in [-0.25, -0.2) is 0 Å². The monoisotopic (exact) mass is 407 g/mol. The van der Waals surface area contributed by atoms with Crippen molar-refractivity contribution in [1.82, 2.24) is 16.0 Å². The van der Waals surface area contributed by atoms with Crippen LogP contribution in [0.15, 0.2) is 66.2 Å². The minimum atomic E-state index is -0.303. The van der Waals surface area contributed by atoms with E-state index in [9.17, 15) is 4.79 Å². The molecule has 2 aromatic rings. The fraction of sp³-hybridized carbons (Fsp3) is 0.400. The van der Waals surface area contributed by atoms with E-state index in [1.807, 2.05) is 62.4 Å². The Morgan fingerprint density at radius 1 is 0.933 bits per heavy atom. The van der Waals surface area contributed by atoms with Crippen LogP contribution in [0.3, 0.4) is 0 Å². The molecule has 0 bridgehead atoms. The number of benzene rings is 2. The first kappa shape index (κ1) is 22.1. The van der Waals surface area contributed by atoms with Crippen LogP contribution in [-0.4, -0.2) is 30.1 Å². The molecule has 0 fully saturated rings. The van der Waals surface area contributed by atoms with Crippen LogP contribution in [0.4, 0.5) is 0 Å². The molecule has 1 heterocycles. The van der Waals surface area contributed by atoms with E-state index < -0.39 is 0 Å². The van der Waals surface area contributed by atoms with E-state index in [0.717, 1.165) is 36.6 Å². The molecule has 0 saturated carbocycles. The normalized spacial score (nSPS) is 16.7. The van der Waals surface area contributed by atoms with Crippen molar-refractivity contribution in [2.75, 3.05) is 13.1 Å². The zero-order valence-corrected chi connectivity index (χ0v) is 18.4. The van der Waals surface area contributed by atoms with E-state index in [0.29, 0.717) is 6.54 Å². The highest BCUT2D eigenvalue weighted by molar-refractivity contribution is 5.96. The largest absolute Gasteiger partial charge is 0.457 e. The van der Waals surface area contributed by atoms with Crippen molar-refractivity contribution in [2.45, 2.75) is 51.7 Å². The predicted octanol–water partition coefficient (Wildman–Crippen LogP) is 4.16. The second-order valence-corrected chi connectivity index (χ2v) is 8.87. The van der Waals surface area contributed by atoms with Crippen molar-refractivity contribution in [3.63, 3.8) is 0 Å². The summed E-state index contributed by atoms with van der Waals surface area (Å²) >= 11 is 0. The van der Waals surface area contributed by atoms with Crippen LogP contribution in [-0.2, 0) is 11.3 Å². The Hall–Kier alpha value is -2.63. The number of nitrogens with one attached hydrogen (secondary N) is 3. The molecule has 0 saturated heterocycles. The van der Waals surface area contributed by atoms with Gasteiger partial charge in [-0.1, -0.05) is 36.4 Å². The lowest BCUT2D eigenvalue weighted by molar-refractivity contribution is -0.118. The molecule has 1 aliphatic rings. The Labute approximate surface area is 179 Å². The van der Waals surface area contributed by atoms with E-state index in [4.69, 9.17) is 4.74 Å². The summed E-state index contributed by atoms with van der Waals surface area (Å²) in [4.78, 5) is 12.5. The summed E-state index contributed by atoms with van der Waals surface area (Å²) in [6.07, 6.45) is 2.91. The molecule has 2 aromatic carbocycles. The average Bonchev–Trinajstić information content (AvgIpc) is 2.93. The second kappa shape index (κ2) is 9.45. The molecule has 0 spiro atoms. The summed E-state index contributed by atoms with van der Waals surface area (Å²) in [6.45, 7) is 10.5. The zero-order chi connectivity index (χ0) is 21.6. The number of para-hydroxylation sites is 1. The first-order valence-electron chi connectivity index (χ1n) is 10.6. The van der Waals surface area contributed by atoms with Crippen LogP contribution in [0.1, 0.15) is 39.7 Å². The summed E-state index contributed by atoms with van der Waals surface area (Å²) in [7, 11) is 0. The summed E-state index contributed by atoms with van der Waals surface area (Å²) in [5.74, 6) is 1.68. The third-order valence-electron chi connectivity index (χ3n) is 5.11. The van der Waals surface area contributed by atoms with Crippen molar-refractivity contribution in [3.8, 4) is 11.5 Å². The second-order valence-electron chi connectivity index (χ2n) is 8.87. The van der Waals surface area contributed by atoms with Crippen LogP contribution in [0.2, 0.25) is 0 Å². The van der Waals surface area contributed by atoms with Gasteiger partial charge in [-0.15, -0.1) is 0 Å². The number of amides is 1. The minimum absolute atomic E-state index is 0.0204. The van der Waals surface area contributed by atoms with Gasteiger partial charge in [0.25, 0.3) is 0 Å². The first-order chi connectivity index (χ1) is 14.3. The predicted molar refractivity (Wildman–Crippen MR) is 122 cm³/mol. The maximum atomic E-state index is 12.5. The van der Waals surface area contributed by atoms with Gasteiger partial charge in [0.15, 0.2) is 0 Å². The molecule has 5 nitrogen and oxygen atoms in total. The van der Waals surface area contributed by atoms with Crippen LogP contribution in [0.5, 0.6) is 11.5 Å². The molecule has 0 atom stereocenters. The van der Waals surface area contributed by atoms with Gasteiger partial charge >= 0.3 is 0 Å². The molecule has 5 heteroatoms. The Kier molecular flexibility index (Phi) is 6.95. The van der Waals surface area contributed by atoms with Gasteiger partial charge in [-0.3, -0.25) is 10.1 Å². The number of hydrogen-bond donors (Lipinski definition) is 3. The summed E-state index contributed by atoms with van der Waals surface area (Å²) in [6, 6.07) is 17.9. The third-order valence-corrected chi connectivity index (χ3v) is 5.11. The molecular weight excluding hydrogens is 374 g/mol. The maximum Gasteiger partial charge on any atom is 0.248 e. The Bertz CT molecular complexity index is 871. The van der Waals surface area contributed by atoms with Crippen LogP contribution in [0, 0.1) is 0 Å². The third kappa shape index (κ3) is 6.18. The minimum Gasteiger partial charge on any atom is -0.457 e. The number of carbonyl (C=O) groups is 1. The number of rotatable bonds is 9. The summed E-state index contributed by atoms with van der Waals surface area (Å²) < 4.78 is 5.81. The Balaban J connectivity index is 1.34. The number of carbonyl (C=O) groups excluding carboxylic acids is 1. The standard InChI is InChI=1S/C25H33N3O2/c1-24(2)17-22(25(3,4)28-24)23(29)27-16-8-15-26-18-19-11-13-21(14-12-19)30-20-9-6-5-7-10-20/h5-7,9-14,17,26,28H,8,15-16,18H2,1-4H3,(H,27,29). The molecule has 30 heavy (non-hydrogen) atoms. The number of hydrogen-bond acceptors (Lipinski definition) is 4. The van der Waals surface area contributed by atoms with E-state index >= 15 is 0 Å². The zero-order valence-electron chi connectivity index (χ0n) is 18.4. The van der Waals surface area contributed by atoms with Gasteiger partial charge in [0, 0.05) is 29.7 Å². The van der Waals surface area contributed by atoms with Crippen molar-refractivity contribution < 1.29 is 9.53 Å². The van der Waals surface area contributed by atoms with Gasteiger partial charge < -0.3 is 15.4 Å². The molecular formula is C25H33N3O2. The van der Waals surface area contributed by atoms with E-state index in [2.05, 4.69) is 41.9 Å². The summed E-state index contributed by atoms with van der Waals surface area (Å²) in [5.41, 5.74) is 1.56. The molecule has 0 aliphatic carbocycles. The lowest BCUT2D eigenvalue weighted by atomic mass is 9.96. The maximum absolute atomic E-state index is 12.5. The summed E-state index contributed by atoms with van der Waals surface area (Å²) in [5, 5.41) is 9.94. The SMILES string of the molecule is CC1(C)C=C(C(=O)NCCCNCc2ccc(Oc3ccccc3)cc2)C(C)(C)N1. The Morgan fingerprint density at radius 3 is 2.23 bits per heavy atom. The Morgan fingerprint density at radius 2 is 1.60 bits per heavy atom. The molecule has 0 radical (unpaired) electrons. The molecule has 3 N–H and O–H groups in total. The van der Waals surface area contributed by atoms with E-state index in [1.54, 1.807) is 0 Å². The topological polar surface area (TPSA) is 62.4 Å². The van der Waals surface area contributed by atoms with Gasteiger partial charge in [0.05, 0.1) is 0 Å². The van der Waals surface area contributed by atoms with Gasteiger partial charge in [0.1, 0.15) is 11.5 Å². The molecule has 3 rings (SSSR count). The van der Waals surface area contributed by atoms with Gasteiger partial charge in [0.2, 0.25) is 5.91 Å². The molecule has 0 aromatic heterocycles. The first-order valence-corrected chi connectivity index (χ1v) is 10.6. The highest BCUT2D eigenvalue weighted by atomic mass is 16.5. The molecule has 160 valence electrons. The van der Waals surface area contributed by atoms with Gasteiger partial charge in [-0.05, 0) is 70.5 Å². The lowest BCUT2D eigenvalue weighted by Gasteiger charge is -2.27. The fourth-order valence-electron chi connectivity index (χ4n) is 3.84. The average molecular weight is 408 g/mol. The van der Waals surface area contributed by atoms with Crippen LogP contribution >= 0.6 is 0 Å². The van der Waals surface area contributed by atoms with Gasteiger partial charge in [-0.2, -0.15) is 0 Å². The quantitative estimate of drug-likeness (QED) is 0.546. The van der Waals surface area contributed by atoms with Crippen molar-refractivity contribution in [3.05, 3.63) is 71.8 Å².